The number of ether oxygens (including phenoxy) is 1. The molecule has 0 fully saturated rings. The number of para-hydroxylation sites is 4. The molecule has 0 saturated heterocycles. The molecule has 0 spiro atoms. The second-order valence-electron chi connectivity index (χ2n) is 16.9. The van der Waals surface area contributed by atoms with E-state index in [-0.39, 0.29) is 27.9 Å². The summed E-state index contributed by atoms with van der Waals surface area (Å²) in [7, 11) is 0. The fraction of sp³-hybridized carbons (Fsp3) is 0. The Bertz CT molecular complexity index is 4490. The van der Waals surface area contributed by atoms with Gasteiger partial charge in [-0.3, -0.25) is 13.7 Å². The normalized spacial score (nSPS) is 13.4. The van der Waals surface area contributed by atoms with E-state index in [1.165, 1.54) is 0 Å². The first-order chi connectivity index (χ1) is 39.4. The van der Waals surface area contributed by atoms with Crippen molar-refractivity contribution in [3.8, 4) is 84.3 Å². The minimum atomic E-state index is -0.571. The fourth-order valence-electron chi connectivity index (χ4n) is 9.77. The van der Waals surface area contributed by atoms with Crippen molar-refractivity contribution in [3.05, 3.63) is 273 Å². The second-order valence-corrected chi connectivity index (χ2v) is 16.9. The molecule has 0 radical (unpaired) electrons. The predicted octanol–water partition coefficient (Wildman–Crippen LogP) is 16.3. The highest BCUT2D eigenvalue weighted by atomic mass is 16.5. The summed E-state index contributed by atoms with van der Waals surface area (Å²) in [5.41, 5.74) is 10.2. The van der Waals surface area contributed by atoms with Crippen LogP contribution in [0.15, 0.2) is 267 Å². The van der Waals surface area contributed by atoms with Crippen LogP contribution in [0.3, 0.4) is 0 Å². The Balaban J connectivity index is 0.964. The first kappa shape index (κ1) is 32.2. The molecule has 5 heteroatoms. The first-order valence-electron chi connectivity index (χ1n) is 28.1. The molecule has 0 aliphatic rings. The Kier molecular flexibility index (Phi) is 8.09. The third kappa shape index (κ3) is 7.45. The minimum absolute atomic E-state index is 0.137. The first-order valence-corrected chi connectivity index (χ1v) is 23.1. The molecular formula is C66H44N4O. The molecule has 0 bridgehead atoms. The van der Waals surface area contributed by atoms with E-state index in [1.54, 1.807) is 27.3 Å². The molecule has 0 aliphatic heterocycles. The summed E-state index contributed by atoms with van der Waals surface area (Å²) in [6.07, 6.45) is 5.29. The van der Waals surface area contributed by atoms with E-state index < -0.39 is 60.4 Å². The van der Waals surface area contributed by atoms with Gasteiger partial charge in [0.15, 0.2) is 0 Å². The molecule has 71 heavy (non-hydrogen) atoms. The molecule has 3 aromatic heterocycles. The van der Waals surface area contributed by atoms with Crippen molar-refractivity contribution in [3.63, 3.8) is 0 Å². The summed E-state index contributed by atoms with van der Waals surface area (Å²) >= 11 is 0. The van der Waals surface area contributed by atoms with Crippen LogP contribution in [-0.4, -0.2) is 14.1 Å². The molecule has 0 amide bonds. The van der Waals surface area contributed by atoms with Crippen molar-refractivity contribution in [2.24, 2.45) is 0 Å². The van der Waals surface area contributed by atoms with Gasteiger partial charge in [-0.1, -0.05) is 206 Å². The van der Waals surface area contributed by atoms with Crippen LogP contribution in [0.25, 0.3) is 106 Å². The number of fused-ring (bicyclic) bond motifs is 4. The number of hydrogen-bond acceptors (Lipinski definition) is 2. The number of rotatable bonds is 10. The summed E-state index contributed by atoms with van der Waals surface area (Å²) < 4.78 is 100. The van der Waals surface area contributed by atoms with Crippen molar-refractivity contribution in [1.82, 2.24) is 14.1 Å². The van der Waals surface area contributed by atoms with Gasteiger partial charge in [-0.05, 0) is 93.0 Å². The van der Waals surface area contributed by atoms with Gasteiger partial charge in [-0.2, -0.15) is 0 Å². The summed E-state index contributed by atoms with van der Waals surface area (Å²) in [6, 6.07) is 60.1. The zero-order valence-electron chi connectivity index (χ0n) is 47.8. The van der Waals surface area contributed by atoms with Crippen molar-refractivity contribution < 1.29 is 23.0 Å². The van der Waals surface area contributed by atoms with Gasteiger partial charge in [-0.25, -0.2) is 4.98 Å². The third-order valence-corrected chi connectivity index (χ3v) is 12.8. The smallest absolute Gasteiger partial charge is 0.269 e. The van der Waals surface area contributed by atoms with E-state index >= 15 is 0 Å². The van der Waals surface area contributed by atoms with Gasteiger partial charge in [0.2, 0.25) is 0 Å². The topological polar surface area (TPSA) is 35.9 Å². The van der Waals surface area contributed by atoms with Crippen LogP contribution in [0.4, 0.5) is 0 Å². The third-order valence-electron chi connectivity index (χ3n) is 12.8. The number of nitrogens with zero attached hydrogens (tertiary/aromatic N) is 4. The van der Waals surface area contributed by atoms with Gasteiger partial charge in [0.05, 0.1) is 47.1 Å². The van der Waals surface area contributed by atoms with E-state index in [9.17, 15) is 0 Å². The molecule has 0 atom stereocenters. The molecule has 334 valence electrons. The van der Waals surface area contributed by atoms with E-state index in [4.69, 9.17) is 23.4 Å². The van der Waals surface area contributed by atoms with Gasteiger partial charge in [0.25, 0.3) is 6.33 Å². The van der Waals surface area contributed by atoms with Crippen LogP contribution < -0.4 is 9.30 Å². The summed E-state index contributed by atoms with van der Waals surface area (Å²) in [5, 5.41) is 2.05. The maximum Gasteiger partial charge on any atom is 0.269 e. The highest BCUT2D eigenvalue weighted by molar-refractivity contribution is 6.10. The zero-order chi connectivity index (χ0) is 55.8. The fourth-order valence-corrected chi connectivity index (χ4v) is 9.77. The molecule has 5 nitrogen and oxygen atoms in total. The maximum absolute atomic E-state index is 9.08. The lowest BCUT2D eigenvalue weighted by molar-refractivity contribution is -0.571. The maximum atomic E-state index is 9.08. The van der Waals surface area contributed by atoms with E-state index in [0.29, 0.717) is 28.2 Å². The number of imidazole rings is 1. The van der Waals surface area contributed by atoms with Crippen LogP contribution in [0.1, 0.15) is 13.7 Å². The number of aromatic nitrogens is 4. The van der Waals surface area contributed by atoms with Gasteiger partial charge >= 0.3 is 0 Å². The highest BCUT2D eigenvalue weighted by Crippen LogP contribution is 2.44. The molecule has 3 heterocycles. The number of pyridine rings is 1. The molecule has 0 aliphatic carbocycles. The van der Waals surface area contributed by atoms with Crippen LogP contribution >= 0.6 is 0 Å². The van der Waals surface area contributed by atoms with Crippen molar-refractivity contribution in [2.75, 3.05) is 0 Å². The Hall–Kier alpha value is -9.58. The van der Waals surface area contributed by atoms with Crippen molar-refractivity contribution >= 4 is 32.8 Å². The van der Waals surface area contributed by atoms with Crippen LogP contribution in [0.5, 0.6) is 11.5 Å². The average molecular weight is 919 g/mol. The summed E-state index contributed by atoms with van der Waals surface area (Å²) in [6.45, 7) is 0. The molecule has 10 aromatic carbocycles. The quantitative estimate of drug-likeness (QED) is 0.101. The zero-order valence-corrected chi connectivity index (χ0v) is 37.8. The Morgan fingerprint density at radius 3 is 1.69 bits per heavy atom. The summed E-state index contributed by atoms with van der Waals surface area (Å²) in [4.78, 5) is 5.19. The summed E-state index contributed by atoms with van der Waals surface area (Å²) in [5.74, 6) is 1.80. The van der Waals surface area contributed by atoms with Gasteiger partial charge in [0.1, 0.15) is 17.3 Å². The van der Waals surface area contributed by atoms with Gasteiger partial charge in [-0.15, -0.1) is 0 Å². The highest BCUT2D eigenvalue weighted by Gasteiger charge is 2.23. The SMILES string of the molecule is [2H]c1c([2H])c([2H])c(-c2cccc(-c3c([2H])c([2H])c([2H])c([2H])c3[2H])c2-[n+]2[c-]n(-c3cccc(Oc4ccc5c6ccccc6n(-c6ncccc6-c6c(-c7ccccc7)cccc6-c6ccccc6)c5c4)c3)c3ccccc32)c([2H])c1[2H]. The van der Waals surface area contributed by atoms with Crippen LogP contribution in [-0.2, 0) is 0 Å². The van der Waals surface area contributed by atoms with E-state index in [0.717, 1.165) is 61.0 Å². The Labute approximate surface area is 426 Å². The molecule has 13 rings (SSSR count). The largest absolute Gasteiger partial charge is 0.458 e. The average Bonchev–Trinajstić information content (AvgIpc) is 4.09. The van der Waals surface area contributed by atoms with E-state index in [2.05, 4.69) is 102 Å². The van der Waals surface area contributed by atoms with E-state index in [1.807, 2.05) is 97.2 Å². The molecule has 0 N–H and O–H groups in total. The standard InChI is InChI=1S/C66H44N4O/c1-5-21-46(22-6-1)53-32-18-33-54(47-23-7-2-8-24-47)64(53)59-36-20-42-67-66(59)70-60-37-14-13-31-57(60)58-41-40-52(44-63(58)70)71-51-30-17-29-50(43-51)68-45-69(62-39-16-15-38-61(62)68)65-55(48-25-9-3-10-26-48)34-19-35-56(65)49-27-11-4-12-28-49/h1-44H/i3D,4D,9D,10D,11D,12D,25D,26D,27D,28D. The lowest BCUT2D eigenvalue weighted by atomic mass is 9.87. The molecule has 0 unspecified atom stereocenters. The second kappa shape index (κ2) is 17.8. The van der Waals surface area contributed by atoms with Crippen LogP contribution in [0, 0.1) is 6.33 Å². The Morgan fingerprint density at radius 2 is 1.00 bits per heavy atom. The van der Waals surface area contributed by atoms with Crippen LogP contribution in [0.2, 0.25) is 0 Å². The molecular weight excluding hydrogens is 865 g/mol. The monoisotopic (exact) mass is 918 g/mol. The minimum Gasteiger partial charge on any atom is -0.458 e. The predicted molar refractivity (Wildman–Crippen MR) is 289 cm³/mol. The lowest BCUT2D eigenvalue weighted by Crippen LogP contribution is -2.31. The van der Waals surface area contributed by atoms with Gasteiger partial charge < -0.3 is 4.74 Å². The van der Waals surface area contributed by atoms with Gasteiger partial charge in [0, 0.05) is 34.2 Å². The lowest BCUT2D eigenvalue weighted by Gasteiger charge is -2.19. The number of benzene rings is 10. The molecule has 13 aromatic rings. The van der Waals surface area contributed by atoms with Crippen molar-refractivity contribution in [2.45, 2.75) is 0 Å². The van der Waals surface area contributed by atoms with Crippen molar-refractivity contribution in [1.29, 1.82) is 0 Å². The molecule has 0 saturated carbocycles. The Morgan fingerprint density at radius 1 is 0.437 bits per heavy atom. The number of hydrogen-bond donors (Lipinski definition) is 0.